The highest BCUT2D eigenvalue weighted by atomic mass is 16.5. The second kappa shape index (κ2) is 8.34. The normalized spacial score (nSPS) is 25.1. The summed E-state index contributed by atoms with van der Waals surface area (Å²) in [5, 5.41) is 0. The van der Waals surface area contributed by atoms with Crippen LogP contribution in [0.4, 0.5) is 0 Å². The van der Waals surface area contributed by atoms with Crippen LogP contribution in [0.1, 0.15) is 50.4 Å². The molecule has 2 rings (SSSR count). The molecule has 1 saturated heterocycles. The van der Waals surface area contributed by atoms with Crippen LogP contribution >= 0.6 is 0 Å². The molecule has 0 amide bonds. The summed E-state index contributed by atoms with van der Waals surface area (Å²) >= 11 is 0. The SMILES string of the molecule is CCCCOc1ccc(C(=O)O[C@H]2C[C@@H](C)N(C)C[C@@H]2C)cc1. The fraction of sp³-hybridized carbons (Fsp3) is 0.632. The van der Waals surface area contributed by atoms with Crippen molar-refractivity contribution in [2.45, 2.75) is 52.2 Å². The Kier molecular flexibility index (Phi) is 6.46. The number of carbonyl (C=O) groups excluding carboxylic acids is 1. The van der Waals surface area contributed by atoms with Gasteiger partial charge in [0.1, 0.15) is 11.9 Å². The lowest BCUT2D eigenvalue weighted by Crippen LogP contribution is -2.46. The van der Waals surface area contributed by atoms with E-state index in [0.29, 0.717) is 24.1 Å². The summed E-state index contributed by atoms with van der Waals surface area (Å²) in [7, 11) is 2.12. The summed E-state index contributed by atoms with van der Waals surface area (Å²) in [6, 6.07) is 7.69. The zero-order valence-electron chi connectivity index (χ0n) is 14.7. The van der Waals surface area contributed by atoms with Gasteiger partial charge in [-0.2, -0.15) is 0 Å². The van der Waals surface area contributed by atoms with Crippen LogP contribution in [0, 0.1) is 5.92 Å². The topological polar surface area (TPSA) is 38.8 Å². The maximum atomic E-state index is 12.3. The largest absolute Gasteiger partial charge is 0.494 e. The molecule has 0 saturated carbocycles. The first-order chi connectivity index (χ1) is 11.0. The van der Waals surface area contributed by atoms with Crippen LogP contribution in [0.25, 0.3) is 0 Å². The second-order valence-electron chi connectivity index (χ2n) is 6.67. The number of hydrogen-bond acceptors (Lipinski definition) is 4. The third-order valence-corrected chi connectivity index (χ3v) is 4.65. The van der Waals surface area contributed by atoms with Crippen molar-refractivity contribution in [1.82, 2.24) is 4.90 Å². The van der Waals surface area contributed by atoms with Crippen LogP contribution in [0.5, 0.6) is 5.75 Å². The highest BCUT2D eigenvalue weighted by molar-refractivity contribution is 5.89. The molecule has 1 aliphatic rings. The molecule has 4 nitrogen and oxygen atoms in total. The molecule has 0 N–H and O–H groups in total. The van der Waals surface area contributed by atoms with E-state index < -0.39 is 0 Å². The third kappa shape index (κ3) is 4.96. The predicted molar refractivity (Wildman–Crippen MR) is 91.9 cm³/mol. The van der Waals surface area contributed by atoms with Crippen molar-refractivity contribution in [1.29, 1.82) is 0 Å². The highest BCUT2D eigenvalue weighted by Gasteiger charge is 2.31. The van der Waals surface area contributed by atoms with Crippen molar-refractivity contribution in [3.05, 3.63) is 29.8 Å². The monoisotopic (exact) mass is 319 g/mol. The quantitative estimate of drug-likeness (QED) is 0.591. The lowest BCUT2D eigenvalue weighted by Gasteiger charge is -2.39. The summed E-state index contributed by atoms with van der Waals surface area (Å²) in [4.78, 5) is 14.7. The van der Waals surface area contributed by atoms with Gasteiger partial charge in [0, 0.05) is 18.5 Å². The van der Waals surface area contributed by atoms with Gasteiger partial charge in [-0.25, -0.2) is 4.79 Å². The van der Waals surface area contributed by atoms with Gasteiger partial charge >= 0.3 is 5.97 Å². The summed E-state index contributed by atoms with van der Waals surface area (Å²) in [5.74, 6) is 0.923. The molecule has 0 aromatic heterocycles. The number of esters is 1. The van der Waals surface area contributed by atoms with E-state index in [9.17, 15) is 4.79 Å². The number of likely N-dealkylation sites (tertiary alicyclic amines) is 1. The zero-order chi connectivity index (χ0) is 16.8. The van der Waals surface area contributed by atoms with Crippen LogP contribution < -0.4 is 4.74 Å². The maximum absolute atomic E-state index is 12.3. The molecule has 0 bridgehead atoms. The lowest BCUT2D eigenvalue weighted by atomic mass is 9.92. The van der Waals surface area contributed by atoms with Crippen molar-refractivity contribution < 1.29 is 14.3 Å². The van der Waals surface area contributed by atoms with Gasteiger partial charge in [0.2, 0.25) is 0 Å². The van der Waals surface area contributed by atoms with Gasteiger partial charge in [0.25, 0.3) is 0 Å². The van der Waals surface area contributed by atoms with E-state index in [-0.39, 0.29) is 12.1 Å². The molecule has 1 fully saturated rings. The van der Waals surface area contributed by atoms with E-state index in [4.69, 9.17) is 9.47 Å². The fourth-order valence-corrected chi connectivity index (χ4v) is 2.89. The first kappa shape index (κ1) is 17.8. The smallest absolute Gasteiger partial charge is 0.338 e. The molecule has 0 aliphatic carbocycles. The van der Waals surface area contributed by atoms with E-state index in [0.717, 1.165) is 31.6 Å². The highest BCUT2D eigenvalue weighted by Crippen LogP contribution is 2.24. The maximum Gasteiger partial charge on any atom is 0.338 e. The molecule has 23 heavy (non-hydrogen) atoms. The summed E-state index contributed by atoms with van der Waals surface area (Å²) in [6.07, 6.45) is 3.03. The summed E-state index contributed by atoms with van der Waals surface area (Å²) in [6.45, 7) is 8.13. The number of piperidine rings is 1. The standard InChI is InChI=1S/C19H29NO3/c1-5-6-11-22-17-9-7-16(8-10-17)19(21)23-18-12-15(3)20(4)13-14(18)2/h7-10,14-15,18H,5-6,11-13H2,1-4H3/t14-,15+,18-/m0/s1. The Labute approximate surface area is 139 Å². The first-order valence-electron chi connectivity index (χ1n) is 8.65. The number of ether oxygens (including phenoxy) is 2. The number of benzene rings is 1. The van der Waals surface area contributed by atoms with E-state index in [2.05, 4.69) is 32.7 Å². The molecule has 3 atom stereocenters. The molecule has 0 spiro atoms. The molecule has 1 aromatic rings. The first-order valence-corrected chi connectivity index (χ1v) is 8.65. The van der Waals surface area contributed by atoms with E-state index in [1.54, 1.807) is 12.1 Å². The van der Waals surface area contributed by atoms with Gasteiger partial charge in [-0.1, -0.05) is 20.3 Å². The third-order valence-electron chi connectivity index (χ3n) is 4.65. The van der Waals surface area contributed by atoms with Crippen molar-refractivity contribution >= 4 is 5.97 Å². The summed E-state index contributed by atoms with van der Waals surface area (Å²) in [5.41, 5.74) is 0.589. The minimum absolute atomic E-state index is 0.00539. The van der Waals surface area contributed by atoms with E-state index in [1.807, 2.05) is 12.1 Å². The van der Waals surface area contributed by atoms with Crippen molar-refractivity contribution in [3.8, 4) is 5.75 Å². The molecule has 0 radical (unpaired) electrons. The minimum Gasteiger partial charge on any atom is -0.494 e. The molecule has 4 heteroatoms. The van der Waals surface area contributed by atoms with Gasteiger partial charge in [-0.05, 0) is 51.1 Å². The van der Waals surface area contributed by atoms with Gasteiger partial charge in [0.05, 0.1) is 12.2 Å². The summed E-state index contributed by atoms with van der Waals surface area (Å²) < 4.78 is 11.4. The van der Waals surface area contributed by atoms with Gasteiger partial charge in [0.15, 0.2) is 0 Å². The molecule has 0 unspecified atom stereocenters. The predicted octanol–water partition coefficient (Wildman–Crippen LogP) is 3.75. The lowest BCUT2D eigenvalue weighted by molar-refractivity contribution is -0.0196. The van der Waals surface area contributed by atoms with Crippen molar-refractivity contribution in [2.24, 2.45) is 5.92 Å². The fourth-order valence-electron chi connectivity index (χ4n) is 2.89. The van der Waals surface area contributed by atoms with Crippen molar-refractivity contribution in [2.75, 3.05) is 20.2 Å². The van der Waals surface area contributed by atoms with Crippen LogP contribution in [0.2, 0.25) is 0 Å². The number of rotatable bonds is 6. The second-order valence-corrected chi connectivity index (χ2v) is 6.67. The Bertz CT molecular complexity index is 500. The van der Waals surface area contributed by atoms with Crippen molar-refractivity contribution in [3.63, 3.8) is 0 Å². The Morgan fingerprint density at radius 1 is 1.26 bits per heavy atom. The molecule has 128 valence electrons. The Morgan fingerprint density at radius 2 is 1.96 bits per heavy atom. The van der Waals surface area contributed by atoms with Crippen LogP contribution in [-0.2, 0) is 4.74 Å². The van der Waals surface area contributed by atoms with Crippen LogP contribution in [-0.4, -0.2) is 43.2 Å². The Morgan fingerprint density at radius 3 is 2.61 bits per heavy atom. The molecular weight excluding hydrogens is 290 g/mol. The van der Waals surface area contributed by atoms with Gasteiger partial charge in [-0.15, -0.1) is 0 Å². The number of hydrogen-bond donors (Lipinski definition) is 0. The molecular formula is C19H29NO3. The van der Waals surface area contributed by atoms with Gasteiger partial charge < -0.3 is 14.4 Å². The van der Waals surface area contributed by atoms with E-state index in [1.165, 1.54) is 0 Å². The number of unbranched alkanes of at least 4 members (excludes halogenated alkanes) is 1. The van der Waals surface area contributed by atoms with Crippen LogP contribution in [0.15, 0.2) is 24.3 Å². The van der Waals surface area contributed by atoms with Gasteiger partial charge in [-0.3, -0.25) is 0 Å². The molecule has 1 aliphatic heterocycles. The molecule has 1 heterocycles. The minimum atomic E-state index is -0.237. The van der Waals surface area contributed by atoms with Crippen LogP contribution in [0.3, 0.4) is 0 Å². The average molecular weight is 319 g/mol. The Hall–Kier alpha value is -1.55. The zero-order valence-corrected chi connectivity index (χ0v) is 14.7. The number of nitrogens with zero attached hydrogens (tertiary/aromatic N) is 1. The number of carbonyl (C=O) groups is 1. The Balaban J connectivity index is 1.90. The average Bonchev–Trinajstić information content (AvgIpc) is 2.53. The van der Waals surface area contributed by atoms with E-state index >= 15 is 0 Å². The molecule has 1 aromatic carbocycles.